The fraction of sp³-hybridized carbons (Fsp3) is 0.364. The van der Waals surface area contributed by atoms with Crippen LogP contribution in [-0.4, -0.2) is 35.8 Å². The van der Waals surface area contributed by atoms with Gasteiger partial charge in [0, 0.05) is 5.02 Å². The van der Waals surface area contributed by atoms with Gasteiger partial charge < -0.3 is 14.7 Å². The van der Waals surface area contributed by atoms with Crippen LogP contribution in [-0.2, 0) is 4.74 Å². The van der Waals surface area contributed by atoms with Gasteiger partial charge in [-0.2, -0.15) is 0 Å². The van der Waals surface area contributed by atoms with E-state index in [2.05, 4.69) is 0 Å². The third kappa shape index (κ3) is 2.46. The number of carbonyl (C=O) groups is 1. The summed E-state index contributed by atoms with van der Waals surface area (Å²) in [5, 5.41) is 10.5. The Hall–Kier alpha value is -1.26. The van der Waals surface area contributed by atoms with E-state index in [1.54, 1.807) is 24.3 Å². The molecule has 1 aliphatic heterocycles. The molecule has 0 radical (unpaired) electrons. The number of rotatable bonds is 3. The number of β-amino-alcohol motifs (C(OH)–C–C–N with tert-alkyl or cyclic N) is 1. The molecule has 86 valence electrons. The Labute approximate surface area is 98.4 Å². The third-order valence-electron chi connectivity index (χ3n) is 2.49. The molecule has 1 N–H and O–H groups in total. The monoisotopic (exact) mass is 241 g/mol. The van der Waals surface area contributed by atoms with E-state index < -0.39 is 6.10 Å². The molecule has 1 unspecified atom stereocenters. The van der Waals surface area contributed by atoms with E-state index in [1.807, 2.05) is 0 Å². The van der Waals surface area contributed by atoms with E-state index in [-0.39, 0.29) is 12.6 Å². The number of aliphatic hydroxyl groups excluding tert-OH is 1. The van der Waals surface area contributed by atoms with Crippen LogP contribution in [0.4, 0.5) is 4.79 Å². The van der Waals surface area contributed by atoms with Crippen LogP contribution in [0.5, 0.6) is 0 Å². The number of nitrogens with zero attached hydrogens (tertiary/aromatic N) is 1. The second-order valence-electron chi connectivity index (χ2n) is 3.63. The smallest absolute Gasteiger partial charge is 0.410 e. The van der Waals surface area contributed by atoms with Crippen molar-refractivity contribution < 1.29 is 14.6 Å². The van der Waals surface area contributed by atoms with Crippen LogP contribution in [0.15, 0.2) is 24.3 Å². The second-order valence-corrected chi connectivity index (χ2v) is 4.06. The van der Waals surface area contributed by atoms with Crippen molar-refractivity contribution in [3.8, 4) is 0 Å². The maximum atomic E-state index is 11.2. The zero-order valence-electron chi connectivity index (χ0n) is 8.60. The molecule has 16 heavy (non-hydrogen) atoms. The first kappa shape index (κ1) is 11.2. The first-order chi connectivity index (χ1) is 7.66. The molecule has 1 saturated heterocycles. The van der Waals surface area contributed by atoms with E-state index in [4.69, 9.17) is 16.3 Å². The fourth-order valence-corrected chi connectivity index (χ4v) is 1.72. The predicted molar refractivity (Wildman–Crippen MR) is 59.3 cm³/mol. The van der Waals surface area contributed by atoms with Gasteiger partial charge >= 0.3 is 6.09 Å². The lowest BCUT2D eigenvalue weighted by atomic mass is 10.1. The summed E-state index contributed by atoms with van der Waals surface area (Å²) in [5.41, 5.74) is 0.740. The van der Waals surface area contributed by atoms with Crippen molar-refractivity contribution in [2.75, 3.05) is 19.7 Å². The molecule has 0 spiro atoms. The third-order valence-corrected chi connectivity index (χ3v) is 2.75. The van der Waals surface area contributed by atoms with Crippen molar-refractivity contribution in [1.82, 2.24) is 4.90 Å². The minimum Gasteiger partial charge on any atom is -0.448 e. The van der Waals surface area contributed by atoms with Gasteiger partial charge in [-0.05, 0) is 17.7 Å². The van der Waals surface area contributed by atoms with Crippen LogP contribution >= 0.6 is 11.6 Å². The van der Waals surface area contributed by atoms with E-state index in [1.165, 1.54) is 4.90 Å². The summed E-state index contributed by atoms with van der Waals surface area (Å²) in [7, 11) is 0. The first-order valence-corrected chi connectivity index (χ1v) is 5.40. The zero-order chi connectivity index (χ0) is 11.5. The molecule has 0 saturated carbocycles. The topological polar surface area (TPSA) is 49.8 Å². The predicted octanol–water partition coefficient (Wildman–Crippen LogP) is 1.83. The minimum atomic E-state index is -0.706. The summed E-state index contributed by atoms with van der Waals surface area (Å²) in [6.45, 7) is 1.18. The molecule has 1 aromatic carbocycles. The van der Waals surface area contributed by atoms with Gasteiger partial charge in [-0.25, -0.2) is 4.79 Å². The van der Waals surface area contributed by atoms with Crippen LogP contribution in [0.1, 0.15) is 11.7 Å². The van der Waals surface area contributed by atoms with Gasteiger partial charge in [-0.3, -0.25) is 0 Å². The molecule has 0 bridgehead atoms. The lowest BCUT2D eigenvalue weighted by Gasteiger charge is -2.17. The standard InChI is InChI=1S/C11H12ClNO3/c12-9-3-1-8(2-4-9)10(14)7-13-5-6-16-11(13)15/h1-4,10,14H,5-7H2. The van der Waals surface area contributed by atoms with Crippen molar-refractivity contribution in [3.05, 3.63) is 34.9 Å². The minimum absolute atomic E-state index is 0.250. The largest absolute Gasteiger partial charge is 0.448 e. The molecule has 1 heterocycles. The Morgan fingerprint density at radius 3 is 2.69 bits per heavy atom. The highest BCUT2D eigenvalue weighted by Gasteiger charge is 2.24. The number of benzene rings is 1. The SMILES string of the molecule is O=C1OCCN1CC(O)c1ccc(Cl)cc1. The zero-order valence-corrected chi connectivity index (χ0v) is 9.35. The number of carbonyl (C=O) groups excluding carboxylic acids is 1. The highest BCUT2D eigenvalue weighted by Crippen LogP contribution is 2.18. The molecule has 2 rings (SSSR count). The highest BCUT2D eigenvalue weighted by atomic mass is 35.5. The number of hydrogen-bond acceptors (Lipinski definition) is 3. The Morgan fingerprint density at radius 1 is 1.44 bits per heavy atom. The van der Waals surface area contributed by atoms with Crippen molar-refractivity contribution >= 4 is 17.7 Å². The summed E-state index contributed by atoms with van der Waals surface area (Å²) in [5.74, 6) is 0. The molecular formula is C11H12ClNO3. The summed E-state index contributed by atoms with van der Waals surface area (Å²) in [6.07, 6.45) is -1.07. The average molecular weight is 242 g/mol. The van der Waals surface area contributed by atoms with Gasteiger partial charge in [-0.1, -0.05) is 23.7 Å². The van der Waals surface area contributed by atoms with Gasteiger partial charge in [0.25, 0.3) is 0 Å². The number of amides is 1. The molecule has 5 heteroatoms. The Kier molecular flexibility index (Phi) is 3.31. The maximum absolute atomic E-state index is 11.2. The molecule has 1 aliphatic rings. The summed E-state index contributed by atoms with van der Waals surface area (Å²) in [6, 6.07) is 6.91. The van der Waals surface area contributed by atoms with Crippen LogP contribution in [0.25, 0.3) is 0 Å². The lowest BCUT2D eigenvalue weighted by molar-refractivity contribution is 0.118. The maximum Gasteiger partial charge on any atom is 0.410 e. The van der Waals surface area contributed by atoms with E-state index in [0.717, 1.165) is 5.56 Å². The Morgan fingerprint density at radius 2 is 2.12 bits per heavy atom. The quantitative estimate of drug-likeness (QED) is 0.878. The molecule has 1 fully saturated rings. The number of halogens is 1. The van der Waals surface area contributed by atoms with E-state index in [0.29, 0.717) is 18.2 Å². The lowest BCUT2D eigenvalue weighted by Crippen LogP contribution is -2.29. The Bertz CT molecular complexity index is 379. The van der Waals surface area contributed by atoms with Crippen LogP contribution in [0, 0.1) is 0 Å². The van der Waals surface area contributed by atoms with Crippen LogP contribution in [0.2, 0.25) is 5.02 Å². The fourth-order valence-electron chi connectivity index (χ4n) is 1.59. The summed E-state index contributed by atoms with van der Waals surface area (Å²) < 4.78 is 4.78. The van der Waals surface area contributed by atoms with Crippen LogP contribution in [0.3, 0.4) is 0 Å². The average Bonchev–Trinajstić information content (AvgIpc) is 2.65. The van der Waals surface area contributed by atoms with Gasteiger partial charge in [0.15, 0.2) is 0 Å². The summed E-state index contributed by atoms with van der Waals surface area (Å²) in [4.78, 5) is 12.7. The van der Waals surface area contributed by atoms with Crippen molar-refractivity contribution in [3.63, 3.8) is 0 Å². The van der Waals surface area contributed by atoms with Gasteiger partial charge in [0.2, 0.25) is 0 Å². The second kappa shape index (κ2) is 4.72. The van der Waals surface area contributed by atoms with Gasteiger partial charge in [0.05, 0.1) is 19.2 Å². The van der Waals surface area contributed by atoms with Crippen molar-refractivity contribution in [1.29, 1.82) is 0 Å². The van der Waals surface area contributed by atoms with Gasteiger partial charge in [0.1, 0.15) is 6.61 Å². The number of hydrogen-bond donors (Lipinski definition) is 1. The highest BCUT2D eigenvalue weighted by molar-refractivity contribution is 6.30. The molecule has 4 nitrogen and oxygen atoms in total. The van der Waals surface area contributed by atoms with Gasteiger partial charge in [-0.15, -0.1) is 0 Å². The summed E-state index contributed by atoms with van der Waals surface area (Å²) >= 11 is 5.74. The molecule has 1 amide bonds. The molecule has 1 atom stereocenters. The first-order valence-electron chi connectivity index (χ1n) is 5.02. The van der Waals surface area contributed by atoms with Crippen molar-refractivity contribution in [2.24, 2.45) is 0 Å². The number of aliphatic hydroxyl groups is 1. The Balaban J connectivity index is 1.99. The van der Waals surface area contributed by atoms with E-state index in [9.17, 15) is 9.90 Å². The molecule has 1 aromatic rings. The number of cyclic esters (lactones) is 1. The van der Waals surface area contributed by atoms with Crippen LogP contribution < -0.4 is 0 Å². The van der Waals surface area contributed by atoms with Crippen molar-refractivity contribution in [2.45, 2.75) is 6.10 Å². The van der Waals surface area contributed by atoms with E-state index >= 15 is 0 Å². The number of ether oxygens (including phenoxy) is 1. The molecule has 0 aromatic heterocycles. The molecular weight excluding hydrogens is 230 g/mol. The molecule has 0 aliphatic carbocycles. The normalized spacial score (nSPS) is 17.4.